The quantitative estimate of drug-likeness (QED) is 0.540. The van der Waals surface area contributed by atoms with Gasteiger partial charge in [-0.3, -0.25) is 9.59 Å². The van der Waals surface area contributed by atoms with Gasteiger partial charge < -0.3 is 10.1 Å². The summed E-state index contributed by atoms with van der Waals surface area (Å²) in [5.41, 5.74) is -0.702. The second-order valence-electron chi connectivity index (χ2n) is 4.07. The Hall–Kier alpha value is -1.06. The summed E-state index contributed by atoms with van der Waals surface area (Å²) in [6.45, 7) is 2.48. The molecule has 86 valence electrons. The zero-order chi connectivity index (χ0) is 11.1. The van der Waals surface area contributed by atoms with Gasteiger partial charge in [0.2, 0.25) is 5.91 Å². The molecule has 0 aromatic carbocycles. The van der Waals surface area contributed by atoms with Gasteiger partial charge in [0.15, 0.2) is 5.72 Å². The maximum Gasteiger partial charge on any atom is 0.295 e. The van der Waals surface area contributed by atoms with Crippen molar-refractivity contribution < 1.29 is 14.3 Å². The van der Waals surface area contributed by atoms with Gasteiger partial charge in [0.05, 0.1) is 0 Å². The summed E-state index contributed by atoms with van der Waals surface area (Å²) in [4.78, 5) is 21.9. The predicted octanol–water partition coefficient (Wildman–Crippen LogP) is 1.74. The van der Waals surface area contributed by atoms with Crippen LogP contribution in [0.2, 0.25) is 0 Å². The van der Waals surface area contributed by atoms with Crippen molar-refractivity contribution >= 4 is 12.4 Å². The molecule has 1 aliphatic rings. The van der Waals surface area contributed by atoms with Crippen molar-refractivity contribution in [1.82, 2.24) is 5.32 Å². The summed E-state index contributed by atoms with van der Waals surface area (Å²) in [7, 11) is 0. The third-order valence-electron chi connectivity index (χ3n) is 2.81. The number of carbonyl (C=O) groups is 2. The number of rotatable bonds is 6. The molecule has 1 aliphatic carbocycles. The summed E-state index contributed by atoms with van der Waals surface area (Å²) < 4.78 is 5.03. The van der Waals surface area contributed by atoms with E-state index in [9.17, 15) is 9.59 Å². The van der Waals surface area contributed by atoms with Gasteiger partial charge in [0, 0.05) is 19.3 Å². The van der Waals surface area contributed by atoms with Crippen LogP contribution < -0.4 is 5.32 Å². The monoisotopic (exact) mass is 213 g/mol. The lowest BCUT2D eigenvalue weighted by molar-refractivity contribution is -0.150. The Bertz CT molecular complexity index is 222. The van der Waals surface area contributed by atoms with Gasteiger partial charge in [-0.05, 0) is 19.3 Å². The Morgan fingerprint density at radius 2 is 2.13 bits per heavy atom. The largest absolute Gasteiger partial charge is 0.441 e. The molecule has 4 heteroatoms. The van der Waals surface area contributed by atoms with Gasteiger partial charge in [-0.2, -0.15) is 0 Å². The fourth-order valence-electron chi connectivity index (χ4n) is 1.96. The summed E-state index contributed by atoms with van der Waals surface area (Å²) in [5.74, 6) is -0.0133. The van der Waals surface area contributed by atoms with Crippen LogP contribution in [0, 0.1) is 0 Å². The molecule has 0 radical (unpaired) electrons. The van der Waals surface area contributed by atoms with Gasteiger partial charge in [-0.15, -0.1) is 0 Å². The van der Waals surface area contributed by atoms with Crippen LogP contribution in [-0.4, -0.2) is 18.1 Å². The lowest BCUT2D eigenvalue weighted by Gasteiger charge is -2.28. The van der Waals surface area contributed by atoms with Crippen molar-refractivity contribution in [3.63, 3.8) is 0 Å². The molecular formula is C11H19NO3. The van der Waals surface area contributed by atoms with Crippen molar-refractivity contribution in [3.05, 3.63) is 0 Å². The summed E-state index contributed by atoms with van der Waals surface area (Å²) >= 11 is 0. The van der Waals surface area contributed by atoms with Gasteiger partial charge in [-0.25, -0.2) is 0 Å². The number of unbranched alkanes of at least 4 members (excludes halogenated alkanes) is 1. The normalized spacial score (nSPS) is 18.5. The average Bonchev–Trinajstić information content (AvgIpc) is 2.64. The first kappa shape index (κ1) is 12.0. The lowest BCUT2D eigenvalue weighted by atomic mass is 10.1. The maximum atomic E-state index is 11.5. The molecule has 0 bridgehead atoms. The highest BCUT2D eigenvalue weighted by Gasteiger charge is 2.36. The highest BCUT2D eigenvalue weighted by molar-refractivity contribution is 5.76. The second kappa shape index (κ2) is 5.73. The molecule has 1 amide bonds. The van der Waals surface area contributed by atoms with Crippen LogP contribution in [0.25, 0.3) is 0 Å². The molecule has 0 atom stereocenters. The molecule has 0 aliphatic heterocycles. The van der Waals surface area contributed by atoms with Crippen molar-refractivity contribution in [1.29, 1.82) is 0 Å². The molecule has 1 saturated carbocycles. The van der Waals surface area contributed by atoms with E-state index in [-0.39, 0.29) is 5.91 Å². The standard InChI is InChI=1S/C11H19NO3/c1-2-3-6-10(14)12-11(15-9-13)7-4-5-8-11/h9H,2-8H2,1H3,(H,12,14). The van der Waals surface area contributed by atoms with E-state index < -0.39 is 5.72 Å². The minimum atomic E-state index is -0.702. The van der Waals surface area contributed by atoms with Gasteiger partial charge in [-0.1, -0.05) is 13.3 Å². The van der Waals surface area contributed by atoms with E-state index in [1.54, 1.807) is 0 Å². The number of carbonyl (C=O) groups excluding carboxylic acids is 2. The lowest BCUT2D eigenvalue weighted by Crippen LogP contribution is -2.48. The second-order valence-corrected chi connectivity index (χ2v) is 4.07. The van der Waals surface area contributed by atoms with Crippen LogP contribution in [0.4, 0.5) is 0 Å². The molecule has 1 fully saturated rings. The zero-order valence-electron chi connectivity index (χ0n) is 9.25. The van der Waals surface area contributed by atoms with Crippen molar-refractivity contribution in [2.45, 2.75) is 57.6 Å². The van der Waals surface area contributed by atoms with Crippen LogP contribution in [0.1, 0.15) is 51.9 Å². The zero-order valence-corrected chi connectivity index (χ0v) is 9.25. The number of nitrogens with one attached hydrogen (secondary N) is 1. The van der Waals surface area contributed by atoms with E-state index in [1.165, 1.54) is 0 Å². The maximum absolute atomic E-state index is 11.5. The number of hydrogen-bond donors (Lipinski definition) is 1. The van der Waals surface area contributed by atoms with E-state index in [2.05, 4.69) is 5.32 Å². The first-order valence-electron chi connectivity index (χ1n) is 5.65. The van der Waals surface area contributed by atoms with Crippen LogP contribution in [0.3, 0.4) is 0 Å². The minimum absolute atomic E-state index is 0.0133. The first-order valence-corrected chi connectivity index (χ1v) is 5.65. The fraction of sp³-hybridized carbons (Fsp3) is 0.818. The Balaban J connectivity index is 2.43. The van der Waals surface area contributed by atoms with E-state index in [1.807, 2.05) is 6.92 Å². The molecule has 1 rings (SSSR count). The van der Waals surface area contributed by atoms with E-state index in [0.29, 0.717) is 12.9 Å². The van der Waals surface area contributed by atoms with Crippen molar-refractivity contribution in [2.75, 3.05) is 0 Å². The van der Waals surface area contributed by atoms with Crippen LogP contribution >= 0.6 is 0 Å². The smallest absolute Gasteiger partial charge is 0.295 e. The van der Waals surface area contributed by atoms with Gasteiger partial charge in [0.1, 0.15) is 0 Å². The molecule has 0 heterocycles. The highest BCUT2D eigenvalue weighted by Crippen LogP contribution is 2.30. The van der Waals surface area contributed by atoms with Crippen LogP contribution in [-0.2, 0) is 14.3 Å². The Labute approximate surface area is 90.4 Å². The van der Waals surface area contributed by atoms with E-state index in [4.69, 9.17) is 4.74 Å². The summed E-state index contributed by atoms with van der Waals surface area (Å²) in [6, 6.07) is 0. The van der Waals surface area contributed by atoms with E-state index >= 15 is 0 Å². The summed E-state index contributed by atoms with van der Waals surface area (Å²) in [6.07, 6.45) is 5.87. The van der Waals surface area contributed by atoms with E-state index in [0.717, 1.165) is 38.5 Å². The Kier molecular flexibility index (Phi) is 4.59. The molecule has 0 saturated heterocycles. The third kappa shape index (κ3) is 3.53. The Morgan fingerprint density at radius 1 is 1.47 bits per heavy atom. The topological polar surface area (TPSA) is 55.4 Å². The van der Waals surface area contributed by atoms with Gasteiger partial charge in [0.25, 0.3) is 6.47 Å². The first-order chi connectivity index (χ1) is 7.22. The molecule has 1 N–H and O–H groups in total. The molecular weight excluding hydrogens is 194 g/mol. The molecule has 4 nitrogen and oxygen atoms in total. The van der Waals surface area contributed by atoms with Crippen LogP contribution in [0.5, 0.6) is 0 Å². The van der Waals surface area contributed by atoms with Gasteiger partial charge >= 0.3 is 0 Å². The molecule has 0 spiro atoms. The van der Waals surface area contributed by atoms with Crippen LogP contribution in [0.15, 0.2) is 0 Å². The molecule has 0 aromatic heterocycles. The van der Waals surface area contributed by atoms with Crippen molar-refractivity contribution in [3.8, 4) is 0 Å². The SMILES string of the molecule is CCCCC(=O)NC1(OC=O)CCCC1. The molecule has 0 aromatic rings. The highest BCUT2D eigenvalue weighted by atomic mass is 16.6. The number of hydrogen-bond acceptors (Lipinski definition) is 3. The number of ether oxygens (including phenoxy) is 1. The Morgan fingerprint density at radius 3 is 2.67 bits per heavy atom. The third-order valence-corrected chi connectivity index (χ3v) is 2.81. The predicted molar refractivity (Wildman–Crippen MR) is 56.0 cm³/mol. The summed E-state index contributed by atoms with van der Waals surface area (Å²) in [5, 5.41) is 2.84. The number of amides is 1. The minimum Gasteiger partial charge on any atom is -0.441 e. The fourth-order valence-corrected chi connectivity index (χ4v) is 1.96. The average molecular weight is 213 g/mol. The van der Waals surface area contributed by atoms with Crippen molar-refractivity contribution in [2.24, 2.45) is 0 Å². The molecule has 15 heavy (non-hydrogen) atoms. The molecule has 0 unspecified atom stereocenters.